The molecule has 72 valence electrons. The zero-order chi connectivity index (χ0) is 10.1. The summed E-state index contributed by atoms with van der Waals surface area (Å²) >= 11 is 4.38. The van der Waals surface area contributed by atoms with Crippen LogP contribution in [-0.4, -0.2) is 9.36 Å². The van der Waals surface area contributed by atoms with Crippen LogP contribution < -0.4 is 5.73 Å². The van der Waals surface area contributed by atoms with Crippen LogP contribution in [-0.2, 0) is 0 Å². The van der Waals surface area contributed by atoms with Crippen LogP contribution in [0.15, 0.2) is 22.7 Å². The van der Waals surface area contributed by atoms with Crippen molar-refractivity contribution < 1.29 is 4.39 Å². The summed E-state index contributed by atoms with van der Waals surface area (Å²) in [4.78, 5) is 3.97. The Hall–Kier alpha value is -1.01. The minimum Gasteiger partial charge on any atom is -0.374 e. The summed E-state index contributed by atoms with van der Waals surface area (Å²) in [6, 6.07) is 4.34. The highest BCUT2D eigenvalue weighted by atomic mass is 79.9. The van der Waals surface area contributed by atoms with Crippen LogP contribution >= 0.6 is 27.5 Å². The number of rotatable bonds is 1. The van der Waals surface area contributed by atoms with Gasteiger partial charge in [-0.3, -0.25) is 0 Å². The topological polar surface area (TPSA) is 51.8 Å². The van der Waals surface area contributed by atoms with Gasteiger partial charge in [0.15, 0.2) is 11.0 Å². The van der Waals surface area contributed by atoms with Crippen LogP contribution in [0.2, 0.25) is 0 Å². The lowest BCUT2D eigenvalue weighted by atomic mass is 10.2. The molecule has 0 aliphatic heterocycles. The lowest BCUT2D eigenvalue weighted by molar-refractivity contribution is 0.628. The van der Waals surface area contributed by atoms with Gasteiger partial charge in [-0.15, -0.1) is 0 Å². The van der Waals surface area contributed by atoms with Crippen LogP contribution in [0.4, 0.5) is 9.52 Å². The van der Waals surface area contributed by atoms with Gasteiger partial charge in [0.2, 0.25) is 0 Å². The third kappa shape index (κ3) is 1.76. The summed E-state index contributed by atoms with van der Waals surface area (Å²) in [5, 5.41) is 0.371. The van der Waals surface area contributed by atoms with E-state index in [1.54, 1.807) is 6.07 Å². The van der Waals surface area contributed by atoms with E-state index in [1.807, 2.05) is 0 Å². The summed E-state index contributed by atoms with van der Waals surface area (Å²) in [6.45, 7) is 0. The molecule has 1 aromatic heterocycles. The van der Waals surface area contributed by atoms with E-state index < -0.39 is 0 Å². The Morgan fingerprint density at radius 1 is 1.43 bits per heavy atom. The second-order valence-corrected chi connectivity index (χ2v) is 4.22. The van der Waals surface area contributed by atoms with E-state index in [0.29, 0.717) is 16.5 Å². The highest BCUT2D eigenvalue weighted by molar-refractivity contribution is 9.10. The van der Waals surface area contributed by atoms with Gasteiger partial charge in [-0.2, -0.15) is 9.36 Å². The van der Waals surface area contributed by atoms with Crippen molar-refractivity contribution in [3.8, 4) is 11.4 Å². The summed E-state index contributed by atoms with van der Waals surface area (Å²) in [6.07, 6.45) is 0. The molecule has 2 N–H and O–H groups in total. The molecule has 0 saturated carbocycles. The lowest BCUT2D eigenvalue weighted by Gasteiger charge is -1.98. The van der Waals surface area contributed by atoms with Gasteiger partial charge in [0.25, 0.3) is 0 Å². The standard InChI is InChI=1S/C8H5BrFN3S/c9-6-2-1-4(10)3-5(6)7-12-8(11)14-13-7/h1-3H,(H2,11,12,13). The highest BCUT2D eigenvalue weighted by Crippen LogP contribution is 2.28. The van der Waals surface area contributed by atoms with Gasteiger partial charge in [0.05, 0.1) is 0 Å². The van der Waals surface area contributed by atoms with Crippen molar-refractivity contribution in [1.29, 1.82) is 0 Å². The molecule has 0 fully saturated rings. The minimum absolute atomic E-state index is 0.323. The molecule has 0 radical (unpaired) electrons. The number of aromatic nitrogens is 2. The first-order valence-corrected chi connectivity index (χ1v) is 5.28. The Kier molecular flexibility index (Phi) is 2.47. The maximum Gasteiger partial charge on any atom is 0.200 e. The van der Waals surface area contributed by atoms with E-state index in [-0.39, 0.29) is 5.82 Å². The Morgan fingerprint density at radius 2 is 2.21 bits per heavy atom. The molecule has 0 amide bonds. The number of hydrogen-bond acceptors (Lipinski definition) is 4. The van der Waals surface area contributed by atoms with Crippen LogP contribution in [0.1, 0.15) is 0 Å². The molecule has 0 unspecified atom stereocenters. The van der Waals surface area contributed by atoms with Crippen molar-refractivity contribution >= 4 is 32.6 Å². The molecule has 1 aromatic carbocycles. The number of nitrogen functional groups attached to an aromatic ring is 1. The van der Waals surface area contributed by atoms with E-state index >= 15 is 0 Å². The molecule has 0 aliphatic carbocycles. The first-order chi connectivity index (χ1) is 6.66. The lowest BCUT2D eigenvalue weighted by Crippen LogP contribution is -1.86. The number of nitrogens with zero attached hydrogens (tertiary/aromatic N) is 2. The van der Waals surface area contributed by atoms with E-state index in [2.05, 4.69) is 25.3 Å². The largest absolute Gasteiger partial charge is 0.374 e. The normalized spacial score (nSPS) is 10.4. The van der Waals surface area contributed by atoms with Crippen LogP contribution in [0.25, 0.3) is 11.4 Å². The predicted molar refractivity (Wildman–Crippen MR) is 57.4 cm³/mol. The molecule has 0 saturated heterocycles. The van der Waals surface area contributed by atoms with Crippen LogP contribution in [0.3, 0.4) is 0 Å². The van der Waals surface area contributed by atoms with E-state index in [9.17, 15) is 4.39 Å². The zero-order valence-electron chi connectivity index (χ0n) is 6.87. The molecule has 0 atom stereocenters. The summed E-state index contributed by atoms with van der Waals surface area (Å²) in [7, 11) is 0. The summed E-state index contributed by atoms with van der Waals surface area (Å²) < 4.78 is 17.7. The molecule has 0 bridgehead atoms. The molecule has 0 aliphatic rings. The second kappa shape index (κ2) is 3.62. The first-order valence-electron chi connectivity index (χ1n) is 3.71. The molecule has 14 heavy (non-hydrogen) atoms. The van der Waals surface area contributed by atoms with E-state index in [1.165, 1.54) is 12.1 Å². The Bertz CT molecular complexity index is 471. The molecule has 6 heteroatoms. The van der Waals surface area contributed by atoms with Gasteiger partial charge in [0.1, 0.15) is 5.82 Å². The van der Waals surface area contributed by atoms with Crippen molar-refractivity contribution in [2.24, 2.45) is 0 Å². The quantitative estimate of drug-likeness (QED) is 0.869. The van der Waals surface area contributed by atoms with Crippen LogP contribution in [0, 0.1) is 5.82 Å². The number of hydrogen-bond donors (Lipinski definition) is 1. The third-order valence-electron chi connectivity index (χ3n) is 1.61. The first kappa shape index (κ1) is 9.54. The second-order valence-electron chi connectivity index (χ2n) is 2.58. The van der Waals surface area contributed by atoms with Gasteiger partial charge < -0.3 is 5.73 Å². The number of benzene rings is 1. The Morgan fingerprint density at radius 3 is 2.86 bits per heavy atom. The fraction of sp³-hybridized carbons (Fsp3) is 0. The molecule has 0 spiro atoms. The fourth-order valence-corrected chi connectivity index (χ4v) is 1.88. The monoisotopic (exact) mass is 273 g/mol. The number of nitrogens with two attached hydrogens (primary N) is 1. The molecule has 2 rings (SSSR count). The van der Waals surface area contributed by atoms with E-state index in [4.69, 9.17) is 5.73 Å². The average molecular weight is 274 g/mol. The fourth-order valence-electron chi connectivity index (χ4n) is 1.01. The van der Waals surface area contributed by atoms with Gasteiger partial charge >= 0.3 is 0 Å². The number of halogens is 2. The van der Waals surface area contributed by atoms with Crippen molar-refractivity contribution in [2.75, 3.05) is 5.73 Å². The SMILES string of the molecule is Nc1nc(-c2cc(F)ccc2Br)ns1. The summed E-state index contributed by atoms with van der Waals surface area (Å²) in [5.41, 5.74) is 6.05. The molecule has 3 nitrogen and oxygen atoms in total. The number of anilines is 1. The maximum absolute atomic E-state index is 12.9. The zero-order valence-corrected chi connectivity index (χ0v) is 9.27. The van der Waals surface area contributed by atoms with Crippen LogP contribution in [0.5, 0.6) is 0 Å². The summed E-state index contributed by atoms with van der Waals surface area (Å²) in [5.74, 6) is 0.121. The molecular formula is C8H5BrFN3S. The van der Waals surface area contributed by atoms with Gasteiger partial charge in [-0.1, -0.05) is 15.9 Å². The average Bonchev–Trinajstić information content (AvgIpc) is 2.56. The maximum atomic E-state index is 12.9. The van der Waals surface area contributed by atoms with Crippen molar-refractivity contribution in [3.05, 3.63) is 28.5 Å². The highest BCUT2D eigenvalue weighted by Gasteiger charge is 2.09. The van der Waals surface area contributed by atoms with Gasteiger partial charge in [0, 0.05) is 21.6 Å². The van der Waals surface area contributed by atoms with Gasteiger partial charge in [-0.25, -0.2) is 4.39 Å². The molecular weight excluding hydrogens is 269 g/mol. The Balaban J connectivity index is 2.55. The molecule has 1 heterocycles. The minimum atomic E-state index is -0.323. The third-order valence-corrected chi connectivity index (χ3v) is 2.85. The predicted octanol–water partition coefficient (Wildman–Crippen LogP) is 2.69. The van der Waals surface area contributed by atoms with Crippen molar-refractivity contribution in [1.82, 2.24) is 9.36 Å². The van der Waals surface area contributed by atoms with Crippen molar-refractivity contribution in [3.63, 3.8) is 0 Å². The van der Waals surface area contributed by atoms with E-state index in [0.717, 1.165) is 16.0 Å². The van der Waals surface area contributed by atoms with Crippen molar-refractivity contribution in [2.45, 2.75) is 0 Å². The smallest absolute Gasteiger partial charge is 0.200 e. The molecule has 2 aromatic rings. The van der Waals surface area contributed by atoms with Gasteiger partial charge in [-0.05, 0) is 18.2 Å². The Labute approximate surface area is 92.1 Å².